The monoisotopic (exact) mass is 350 g/mol. The summed E-state index contributed by atoms with van der Waals surface area (Å²) in [4.78, 5) is 37.0. The largest absolute Gasteiger partial charge is 0.493 e. The van der Waals surface area contributed by atoms with E-state index in [1.807, 2.05) is 13.8 Å². The van der Waals surface area contributed by atoms with E-state index in [0.29, 0.717) is 18.0 Å². The zero-order chi connectivity index (χ0) is 18.6. The zero-order valence-electron chi connectivity index (χ0n) is 14.7. The van der Waals surface area contributed by atoms with Crippen molar-refractivity contribution in [1.82, 2.24) is 10.2 Å². The number of carbonyl (C=O) groups excluding carboxylic acids is 3. The molecule has 0 aliphatic carbocycles. The van der Waals surface area contributed by atoms with Gasteiger partial charge >= 0.3 is 12.0 Å². The van der Waals surface area contributed by atoms with Gasteiger partial charge in [0.2, 0.25) is 0 Å². The molecule has 1 aromatic carbocycles. The van der Waals surface area contributed by atoms with Crippen molar-refractivity contribution in [2.75, 3.05) is 20.2 Å². The fourth-order valence-electron chi connectivity index (χ4n) is 2.33. The van der Waals surface area contributed by atoms with Crippen LogP contribution in [-0.4, -0.2) is 55.2 Å². The molecular formula is C17H22N2O6. The number of ether oxygens (including phenoxy) is 3. The number of hydrogen-bond donors (Lipinski definition) is 1. The number of methoxy groups -OCH3 is 1. The Morgan fingerprint density at radius 1 is 1.20 bits per heavy atom. The van der Waals surface area contributed by atoms with Crippen molar-refractivity contribution in [1.29, 1.82) is 0 Å². The van der Waals surface area contributed by atoms with Crippen molar-refractivity contribution >= 4 is 17.9 Å². The maximum atomic E-state index is 12.3. The highest BCUT2D eigenvalue weighted by Crippen LogP contribution is 2.29. The van der Waals surface area contributed by atoms with E-state index in [1.54, 1.807) is 6.07 Å². The molecule has 136 valence electrons. The summed E-state index contributed by atoms with van der Waals surface area (Å²) in [7, 11) is 1.47. The first-order valence-corrected chi connectivity index (χ1v) is 7.98. The first-order valence-electron chi connectivity index (χ1n) is 7.98. The Morgan fingerprint density at radius 3 is 2.48 bits per heavy atom. The molecule has 0 radical (unpaired) electrons. The molecule has 1 saturated heterocycles. The van der Waals surface area contributed by atoms with Crippen LogP contribution in [0.4, 0.5) is 4.79 Å². The Kier molecular flexibility index (Phi) is 5.84. The summed E-state index contributed by atoms with van der Waals surface area (Å²) in [5.74, 6) is -0.349. The quantitative estimate of drug-likeness (QED) is 0.783. The van der Waals surface area contributed by atoms with E-state index in [9.17, 15) is 14.4 Å². The molecule has 0 aromatic heterocycles. The third-order valence-corrected chi connectivity index (χ3v) is 3.52. The van der Waals surface area contributed by atoms with Gasteiger partial charge in [-0.1, -0.05) is 0 Å². The number of rotatable bonds is 6. The van der Waals surface area contributed by atoms with E-state index in [0.717, 1.165) is 4.90 Å². The molecule has 8 heteroatoms. The molecule has 3 amide bonds. The van der Waals surface area contributed by atoms with Gasteiger partial charge in [0.1, 0.15) is 0 Å². The van der Waals surface area contributed by atoms with Gasteiger partial charge in [-0.2, -0.15) is 0 Å². The Bertz CT molecular complexity index is 673. The molecule has 1 N–H and O–H groups in total. The van der Waals surface area contributed by atoms with Crippen molar-refractivity contribution < 1.29 is 28.6 Å². The number of nitrogens with one attached hydrogen (secondary N) is 1. The highest BCUT2D eigenvalue weighted by molar-refractivity contribution is 5.99. The van der Waals surface area contributed by atoms with Gasteiger partial charge in [-0.05, 0) is 39.0 Å². The number of carbonyl (C=O) groups is 3. The Balaban J connectivity index is 2.07. The van der Waals surface area contributed by atoms with E-state index in [4.69, 9.17) is 14.2 Å². The minimum absolute atomic E-state index is 0.0454. The lowest BCUT2D eigenvalue weighted by Crippen LogP contribution is -2.41. The summed E-state index contributed by atoms with van der Waals surface area (Å²) < 4.78 is 16.0. The maximum Gasteiger partial charge on any atom is 0.339 e. The van der Waals surface area contributed by atoms with E-state index in [1.165, 1.54) is 26.2 Å². The van der Waals surface area contributed by atoms with Gasteiger partial charge in [0.25, 0.3) is 5.91 Å². The average Bonchev–Trinajstić information content (AvgIpc) is 2.99. The van der Waals surface area contributed by atoms with Crippen LogP contribution < -0.4 is 14.8 Å². The highest BCUT2D eigenvalue weighted by Gasteiger charge is 2.31. The van der Waals surface area contributed by atoms with Crippen LogP contribution in [0.5, 0.6) is 11.5 Å². The average molecular weight is 350 g/mol. The Morgan fingerprint density at radius 2 is 1.92 bits per heavy atom. The molecule has 1 aliphatic rings. The van der Waals surface area contributed by atoms with E-state index < -0.39 is 24.0 Å². The molecule has 0 bridgehead atoms. The maximum absolute atomic E-state index is 12.3. The normalized spacial score (nSPS) is 14.9. The van der Waals surface area contributed by atoms with Crippen molar-refractivity contribution in [2.45, 2.75) is 33.0 Å². The standard InChI is InChI=1S/C17H22N2O6/c1-10(2)24-13-6-5-12(9-14(13)23-4)16(21)25-11(3)15(20)19-8-7-18-17(19)22/h5-6,9-11H,7-8H2,1-4H3,(H,18,22). The van der Waals surface area contributed by atoms with Crippen LogP contribution in [-0.2, 0) is 9.53 Å². The molecule has 2 rings (SSSR count). The van der Waals surface area contributed by atoms with Crippen LogP contribution in [0.15, 0.2) is 18.2 Å². The smallest absolute Gasteiger partial charge is 0.339 e. The fraction of sp³-hybridized carbons (Fsp3) is 0.471. The lowest BCUT2D eigenvalue weighted by molar-refractivity contribution is -0.136. The van der Waals surface area contributed by atoms with E-state index >= 15 is 0 Å². The third kappa shape index (κ3) is 4.40. The van der Waals surface area contributed by atoms with Gasteiger partial charge < -0.3 is 19.5 Å². The predicted octanol–water partition coefficient (Wildman–Crippen LogP) is 1.58. The van der Waals surface area contributed by atoms with Crippen LogP contribution in [0.2, 0.25) is 0 Å². The number of amides is 3. The first-order chi connectivity index (χ1) is 11.8. The molecule has 1 fully saturated rings. The van der Waals surface area contributed by atoms with Crippen LogP contribution in [0, 0.1) is 0 Å². The molecule has 8 nitrogen and oxygen atoms in total. The van der Waals surface area contributed by atoms with Crippen molar-refractivity contribution in [3.8, 4) is 11.5 Å². The summed E-state index contributed by atoms with van der Waals surface area (Å²) >= 11 is 0. The molecule has 1 aliphatic heterocycles. The van der Waals surface area contributed by atoms with Gasteiger partial charge in [0.05, 0.1) is 18.8 Å². The SMILES string of the molecule is COc1cc(C(=O)OC(C)C(=O)N2CCNC2=O)ccc1OC(C)C. The number of esters is 1. The molecule has 0 spiro atoms. The molecule has 1 aromatic rings. The lowest BCUT2D eigenvalue weighted by atomic mass is 10.2. The second-order valence-electron chi connectivity index (χ2n) is 5.80. The third-order valence-electron chi connectivity index (χ3n) is 3.52. The van der Waals surface area contributed by atoms with Crippen LogP contribution in [0.25, 0.3) is 0 Å². The molecule has 1 heterocycles. The molecular weight excluding hydrogens is 328 g/mol. The molecule has 1 atom stereocenters. The number of hydrogen-bond acceptors (Lipinski definition) is 6. The van der Waals surface area contributed by atoms with Gasteiger partial charge in [0, 0.05) is 13.1 Å². The molecule has 1 unspecified atom stereocenters. The van der Waals surface area contributed by atoms with Crippen LogP contribution in [0.1, 0.15) is 31.1 Å². The second-order valence-corrected chi connectivity index (χ2v) is 5.80. The van der Waals surface area contributed by atoms with Gasteiger partial charge in [0.15, 0.2) is 17.6 Å². The van der Waals surface area contributed by atoms with E-state index in [2.05, 4.69) is 5.32 Å². The summed E-state index contributed by atoms with van der Waals surface area (Å²) in [6.07, 6.45) is -1.12. The minimum Gasteiger partial charge on any atom is -0.493 e. The van der Waals surface area contributed by atoms with Gasteiger partial charge in [-0.25, -0.2) is 9.59 Å². The van der Waals surface area contributed by atoms with Gasteiger partial charge in [-0.15, -0.1) is 0 Å². The lowest BCUT2D eigenvalue weighted by Gasteiger charge is -2.18. The summed E-state index contributed by atoms with van der Waals surface area (Å²) in [5.41, 5.74) is 0.221. The predicted molar refractivity (Wildman–Crippen MR) is 88.7 cm³/mol. The number of benzene rings is 1. The van der Waals surface area contributed by atoms with Crippen molar-refractivity contribution in [3.63, 3.8) is 0 Å². The first kappa shape index (κ1) is 18.6. The zero-order valence-corrected chi connectivity index (χ0v) is 14.7. The summed E-state index contributed by atoms with van der Waals surface area (Å²) in [6, 6.07) is 4.14. The number of urea groups is 1. The van der Waals surface area contributed by atoms with Crippen LogP contribution in [0.3, 0.4) is 0 Å². The molecule has 25 heavy (non-hydrogen) atoms. The summed E-state index contributed by atoms with van der Waals surface area (Å²) in [6.45, 7) is 5.83. The van der Waals surface area contributed by atoms with E-state index in [-0.39, 0.29) is 18.2 Å². The Labute approximate surface area is 146 Å². The molecule has 0 saturated carbocycles. The van der Waals surface area contributed by atoms with Crippen molar-refractivity contribution in [2.24, 2.45) is 0 Å². The summed E-state index contributed by atoms with van der Waals surface area (Å²) in [5, 5.41) is 2.52. The fourth-order valence-corrected chi connectivity index (χ4v) is 2.33. The number of imide groups is 1. The number of nitrogens with zero attached hydrogens (tertiary/aromatic N) is 1. The van der Waals surface area contributed by atoms with Crippen molar-refractivity contribution in [3.05, 3.63) is 23.8 Å². The highest BCUT2D eigenvalue weighted by atomic mass is 16.5. The second kappa shape index (κ2) is 7.87. The van der Waals surface area contributed by atoms with Gasteiger partial charge in [-0.3, -0.25) is 9.69 Å². The topological polar surface area (TPSA) is 94.2 Å². The Hall–Kier alpha value is -2.77. The minimum atomic E-state index is -1.08. The van der Waals surface area contributed by atoms with Crippen LogP contribution >= 0.6 is 0 Å².